The minimum absolute atomic E-state index is 0.0457. The van der Waals surface area contributed by atoms with Crippen LogP contribution in [0, 0.1) is 11.8 Å². The van der Waals surface area contributed by atoms with Crippen LogP contribution in [-0.2, 0) is 24.5 Å². The van der Waals surface area contributed by atoms with Crippen molar-refractivity contribution < 1.29 is 42.7 Å². The molecule has 152 valence electrons. The molecule has 0 aromatic carbocycles. The molecule has 0 saturated heterocycles. The number of hydrogen-bond acceptors (Lipinski definition) is 7. The summed E-state index contributed by atoms with van der Waals surface area (Å²) >= 11 is 0. The average molecular weight is 398 g/mol. The second-order valence-electron chi connectivity index (χ2n) is 5.87. The van der Waals surface area contributed by atoms with Crippen LogP contribution in [-0.4, -0.2) is 77.6 Å². The summed E-state index contributed by atoms with van der Waals surface area (Å²) in [6, 6.07) is 0. The Morgan fingerprint density at radius 3 is 2.00 bits per heavy atom. The third-order valence-electron chi connectivity index (χ3n) is 3.62. The number of aliphatic hydroxyl groups excluding tert-OH is 1. The third-order valence-corrected chi connectivity index (χ3v) is 4.40. The molecule has 0 aliphatic carbocycles. The second kappa shape index (κ2) is 11.8. The first-order valence-corrected chi connectivity index (χ1v) is 9.62. The van der Waals surface area contributed by atoms with E-state index in [0.29, 0.717) is 13.0 Å². The van der Waals surface area contributed by atoms with Crippen molar-refractivity contribution in [3.8, 4) is 0 Å². The smallest absolute Gasteiger partial charge is 0.303 e. The van der Waals surface area contributed by atoms with E-state index in [4.69, 9.17) is 14.8 Å². The van der Waals surface area contributed by atoms with E-state index >= 15 is 0 Å². The number of carbonyl (C=O) groups excluding carboxylic acids is 1. The molecule has 0 saturated carbocycles. The largest absolute Gasteiger partial charge is 0.481 e. The number of aliphatic hydroxyl groups is 1. The Morgan fingerprint density at radius 2 is 1.58 bits per heavy atom. The predicted molar refractivity (Wildman–Crippen MR) is 90.1 cm³/mol. The van der Waals surface area contributed by atoms with E-state index in [1.807, 2.05) is 0 Å². The molecule has 1 amide bonds. The molecule has 0 bridgehead atoms. The molecular weight excluding hydrogens is 372 g/mol. The van der Waals surface area contributed by atoms with Gasteiger partial charge in [0.1, 0.15) is 0 Å². The molecule has 26 heavy (non-hydrogen) atoms. The van der Waals surface area contributed by atoms with Crippen LogP contribution in [0.1, 0.15) is 26.2 Å². The Morgan fingerprint density at radius 1 is 1.04 bits per heavy atom. The maximum absolute atomic E-state index is 12.2. The van der Waals surface area contributed by atoms with Gasteiger partial charge in [-0.1, -0.05) is 6.92 Å². The summed E-state index contributed by atoms with van der Waals surface area (Å²) in [5.74, 6) is -7.56. The second-order valence-corrected chi connectivity index (χ2v) is 7.37. The van der Waals surface area contributed by atoms with Crippen LogP contribution in [0.25, 0.3) is 0 Å². The van der Waals surface area contributed by atoms with Crippen molar-refractivity contribution in [3.63, 3.8) is 0 Å². The van der Waals surface area contributed by atoms with Gasteiger partial charge >= 0.3 is 11.9 Å². The van der Waals surface area contributed by atoms with Gasteiger partial charge in [-0.25, -0.2) is 0 Å². The Balaban J connectivity index is 4.94. The quantitative estimate of drug-likeness (QED) is 0.149. The predicted octanol–water partition coefficient (Wildman–Crippen LogP) is -1.47. The molecule has 0 aromatic heterocycles. The van der Waals surface area contributed by atoms with Crippen molar-refractivity contribution >= 4 is 28.0 Å². The number of carboxylic acids is 2. The highest BCUT2D eigenvalue weighted by Crippen LogP contribution is 2.22. The number of hydrogen-bond donors (Lipinski definition) is 6. The molecule has 0 heterocycles. The van der Waals surface area contributed by atoms with Gasteiger partial charge < -0.3 is 26.0 Å². The minimum atomic E-state index is -4.63. The highest BCUT2D eigenvalue weighted by Gasteiger charge is 2.35. The van der Waals surface area contributed by atoms with Crippen molar-refractivity contribution in [3.05, 3.63) is 0 Å². The number of nitrogens with one attached hydrogen (secondary N) is 2. The molecule has 0 fully saturated rings. The van der Waals surface area contributed by atoms with Crippen LogP contribution >= 0.6 is 0 Å². The molecule has 0 radical (unpaired) electrons. The first kappa shape index (κ1) is 24.2. The van der Waals surface area contributed by atoms with Crippen molar-refractivity contribution in [2.45, 2.75) is 32.3 Å². The lowest BCUT2D eigenvalue weighted by molar-refractivity contribution is -0.142. The van der Waals surface area contributed by atoms with Gasteiger partial charge in [0.05, 0.1) is 17.8 Å². The van der Waals surface area contributed by atoms with E-state index in [1.54, 1.807) is 6.92 Å². The zero-order chi connectivity index (χ0) is 20.3. The topological polar surface area (TPSA) is 190 Å². The van der Waals surface area contributed by atoms with Gasteiger partial charge in [-0.2, -0.15) is 8.42 Å². The summed E-state index contributed by atoms with van der Waals surface area (Å²) in [7, 11) is -4.63. The average Bonchev–Trinajstić information content (AvgIpc) is 2.49. The lowest BCUT2D eigenvalue weighted by Crippen LogP contribution is -2.43. The molecule has 11 nitrogen and oxygen atoms in total. The maximum atomic E-state index is 12.2. The fourth-order valence-corrected chi connectivity index (χ4v) is 3.15. The Kier molecular flexibility index (Phi) is 11.0. The lowest BCUT2D eigenvalue weighted by Gasteiger charge is -2.23. The summed E-state index contributed by atoms with van der Waals surface area (Å²) in [6.45, 7) is 2.38. The summed E-state index contributed by atoms with van der Waals surface area (Å²) in [6.07, 6.45) is -1.47. The summed E-state index contributed by atoms with van der Waals surface area (Å²) in [5, 5.41) is 32.4. The SMILES string of the molecule is CCC(O)CNCCNC(=O)C(CS(=O)(=O)O)C(CC(=O)O)CC(=O)O. The number of amides is 1. The van der Waals surface area contributed by atoms with E-state index in [-0.39, 0.29) is 13.1 Å². The van der Waals surface area contributed by atoms with E-state index in [1.165, 1.54) is 0 Å². The van der Waals surface area contributed by atoms with Gasteiger partial charge in [0.15, 0.2) is 0 Å². The molecule has 0 spiro atoms. The molecule has 0 aromatic rings. The molecule has 0 aliphatic heterocycles. The molecule has 6 N–H and O–H groups in total. The van der Waals surface area contributed by atoms with E-state index < -0.39 is 64.5 Å². The zero-order valence-corrected chi connectivity index (χ0v) is 15.2. The fourth-order valence-electron chi connectivity index (χ4n) is 2.28. The van der Waals surface area contributed by atoms with Crippen LogP contribution in [0.4, 0.5) is 0 Å². The zero-order valence-electron chi connectivity index (χ0n) is 14.4. The van der Waals surface area contributed by atoms with Gasteiger partial charge in [0.2, 0.25) is 5.91 Å². The molecule has 0 aliphatic rings. The Bertz CT molecular complexity index is 563. The van der Waals surface area contributed by atoms with E-state index in [9.17, 15) is 27.9 Å². The monoisotopic (exact) mass is 398 g/mol. The molecule has 12 heteroatoms. The van der Waals surface area contributed by atoms with Gasteiger partial charge in [-0.3, -0.25) is 18.9 Å². The van der Waals surface area contributed by atoms with Crippen molar-refractivity contribution in [2.24, 2.45) is 11.8 Å². The van der Waals surface area contributed by atoms with E-state index in [0.717, 1.165) is 0 Å². The van der Waals surface area contributed by atoms with Crippen LogP contribution in [0.15, 0.2) is 0 Å². The number of aliphatic carboxylic acids is 2. The van der Waals surface area contributed by atoms with Crippen molar-refractivity contribution in [1.29, 1.82) is 0 Å². The summed E-state index contributed by atoms with van der Waals surface area (Å²) < 4.78 is 31.3. The van der Waals surface area contributed by atoms with Gasteiger partial charge in [0, 0.05) is 32.5 Å². The van der Waals surface area contributed by atoms with Gasteiger partial charge in [0.25, 0.3) is 10.1 Å². The third kappa shape index (κ3) is 11.7. The van der Waals surface area contributed by atoms with Crippen LogP contribution < -0.4 is 10.6 Å². The van der Waals surface area contributed by atoms with Gasteiger partial charge in [-0.15, -0.1) is 0 Å². The van der Waals surface area contributed by atoms with Gasteiger partial charge in [-0.05, 0) is 12.3 Å². The minimum Gasteiger partial charge on any atom is -0.481 e. The molecular formula is C14H26N2O9S. The summed E-state index contributed by atoms with van der Waals surface area (Å²) in [4.78, 5) is 34.0. The van der Waals surface area contributed by atoms with Crippen molar-refractivity contribution in [1.82, 2.24) is 10.6 Å². The Hall–Kier alpha value is -1.76. The molecule has 0 rings (SSSR count). The molecule has 2 unspecified atom stereocenters. The maximum Gasteiger partial charge on any atom is 0.303 e. The fraction of sp³-hybridized carbons (Fsp3) is 0.786. The highest BCUT2D eigenvalue weighted by molar-refractivity contribution is 7.85. The number of rotatable bonds is 14. The normalized spacial score (nSPS) is 14.0. The Labute approximate surface area is 151 Å². The molecule has 2 atom stereocenters. The first-order valence-electron chi connectivity index (χ1n) is 8.01. The highest BCUT2D eigenvalue weighted by atomic mass is 32.2. The van der Waals surface area contributed by atoms with Crippen LogP contribution in [0.3, 0.4) is 0 Å². The van der Waals surface area contributed by atoms with Crippen LogP contribution in [0.5, 0.6) is 0 Å². The lowest BCUT2D eigenvalue weighted by atomic mass is 9.87. The van der Waals surface area contributed by atoms with E-state index in [2.05, 4.69) is 10.6 Å². The van der Waals surface area contributed by atoms with Crippen molar-refractivity contribution in [2.75, 3.05) is 25.4 Å². The number of carbonyl (C=O) groups is 3. The van der Waals surface area contributed by atoms with Crippen LogP contribution in [0.2, 0.25) is 0 Å². The number of carboxylic acid groups (broad SMARTS) is 2. The summed E-state index contributed by atoms with van der Waals surface area (Å²) in [5.41, 5.74) is 0. The first-order chi connectivity index (χ1) is 12.0. The standard InChI is InChI=1S/C14H26N2O9S/c1-2-10(17)7-15-3-4-16-14(22)11(8-26(23,24)25)9(5-12(18)19)6-13(20)21/h9-11,15,17H,2-8H2,1H3,(H,16,22)(H,18,19)(H,20,21)(H,23,24,25).